The van der Waals surface area contributed by atoms with Crippen molar-refractivity contribution in [2.24, 2.45) is 0 Å². The highest BCUT2D eigenvalue weighted by molar-refractivity contribution is 7.93. The maximum Gasteiger partial charge on any atom is 0.265 e. The lowest BCUT2D eigenvalue weighted by molar-refractivity contribution is 0.414. The first-order valence-corrected chi connectivity index (χ1v) is 9.39. The molecule has 2 aromatic carbocycles. The fraction of sp³-hybridized carbons (Fsp3) is 0.294. The Morgan fingerprint density at radius 3 is 2.04 bits per heavy atom. The maximum atomic E-state index is 13.0. The van der Waals surface area contributed by atoms with Crippen molar-refractivity contribution >= 4 is 38.9 Å². The van der Waals surface area contributed by atoms with Crippen LogP contribution >= 0.6 is 23.2 Å². The van der Waals surface area contributed by atoms with Gasteiger partial charge >= 0.3 is 0 Å². The molecule has 0 atom stereocenters. The number of aryl methyl sites for hydroxylation is 3. The number of anilines is 1. The van der Waals surface area contributed by atoms with Crippen molar-refractivity contribution in [2.75, 3.05) is 18.5 Å². The number of benzene rings is 2. The lowest BCUT2D eigenvalue weighted by Gasteiger charge is -2.24. The minimum absolute atomic E-state index is 0.0507. The average molecular weight is 388 g/mol. The molecule has 0 saturated carbocycles. The number of ether oxygens (including phenoxy) is 1. The molecule has 7 heteroatoms. The predicted molar refractivity (Wildman–Crippen MR) is 99.3 cm³/mol. The van der Waals surface area contributed by atoms with Gasteiger partial charge in [0.15, 0.2) is 0 Å². The third-order valence-corrected chi connectivity index (χ3v) is 6.60. The van der Waals surface area contributed by atoms with Gasteiger partial charge in [0, 0.05) is 7.05 Å². The molecule has 130 valence electrons. The molecule has 24 heavy (non-hydrogen) atoms. The first-order chi connectivity index (χ1) is 11.1. The van der Waals surface area contributed by atoms with E-state index in [0.29, 0.717) is 11.4 Å². The van der Waals surface area contributed by atoms with Crippen molar-refractivity contribution in [3.63, 3.8) is 0 Å². The van der Waals surface area contributed by atoms with Crippen molar-refractivity contribution in [1.29, 1.82) is 0 Å². The number of rotatable bonds is 4. The molecule has 4 nitrogen and oxygen atoms in total. The minimum atomic E-state index is -3.87. The van der Waals surface area contributed by atoms with Crippen molar-refractivity contribution in [3.8, 4) is 5.75 Å². The second-order valence-electron chi connectivity index (χ2n) is 5.61. The summed E-state index contributed by atoms with van der Waals surface area (Å²) in [6, 6.07) is 6.77. The third-order valence-electron chi connectivity index (χ3n) is 3.82. The molecule has 0 unspecified atom stereocenters. The lowest BCUT2D eigenvalue weighted by Crippen LogP contribution is -2.28. The van der Waals surface area contributed by atoms with E-state index in [4.69, 9.17) is 27.9 Å². The summed E-state index contributed by atoms with van der Waals surface area (Å²) in [6.07, 6.45) is 0. The van der Waals surface area contributed by atoms with Crippen molar-refractivity contribution < 1.29 is 13.2 Å². The van der Waals surface area contributed by atoms with E-state index in [9.17, 15) is 8.42 Å². The number of halogens is 2. The maximum absolute atomic E-state index is 13.0. The summed E-state index contributed by atoms with van der Waals surface area (Å²) in [4.78, 5) is -0.0585. The molecule has 0 amide bonds. The molecule has 0 spiro atoms. The fourth-order valence-electron chi connectivity index (χ4n) is 2.81. The fourth-order valence-corrected chi connectivity index (χ4v) is 4.95. The van der Waals surface area contributed by atoms with E-state index in [2.05, 4.69) is 0 Å². The molecule has 0 aliphatic rings. The SMILES string of the molecule is COc1ccc(S(=O)(=O)N(C)c2c(C)cc(C)cc2C)c(Cl)c1Cl. The summed E-state index contributed by atoms with van der Waals surface area (Å²) in [6.45, 7) is 5.73. The van der Waals surface area contributed by atoms with Gasteiger partial charge in [0.1, 0.15) is 15.7 Å². The van der Waals surface area contributed by atoms with E-state index in [0.717, 1.165) is 16.7 Å². The molecule has 2 rings (SSSR count). The Bertz CT molecular complexity index is 872. The quantitative estimate of drug-likeness (QED) is 0.759. The number of hydrogen-bond acceptors (Lipinski definition) is 3. The molecule has 0 aromatic heterocycles. The van der Waals surface area contributed by atoms with Gasteiger partial charge in [-0.05, 0) is 44.0 Å². The molecular formula is C17H19Cl2NO3S. The molecule has 0 heterocycles. The molecule has 0 aliphatic carbocycles. The van der Waals surface area contributed by atoms with Gasteiger partial charge in [-0.15, -0.1) is 0 Å². The number of methoxy groups -OCH3 is 1. The highest BCUT2D eigenvalue weighted by Crippen LogP contribution is 2.39. The summed E-state index contributed by atoms with van der Waals surface area (Å²) < 4.78 is 32.4. The van der Waals surface area contributed by atoms with Gasteiger partial charge in [-0.3, -0.25) is 4.31 Å². The summed E-state index contributed by atoms with van der Waals surface area (Å²) in [7, 11) is -0.917. The van der Waals surface area contributed by atoms with E-state index in [1.54, 1.807) is 0 Å². The zero-order chi connectivity index (χ0) is 18.2. The Morgan fingerprint density at radius 2 is 1.54 bits per heavy atom. The second kappa shape index (κ2) is 6.82. The van der Waals surface area contributed by atoms with Crippen LogP contribution in [-0.4, -0.2) is 22.6 Å². The molecule has 2 aromatic rings. The van der Waals surface area contributed by atoms with Crippen LogP contribution in [0.15, 0.2) is 29.2 Å². The van der Waals surface area contributed by atoms with Crippen LogP contribution in [-0.2, 0) is 10.0 Å². The topological polar surface area (TPSA) is 46.6 Å². The van der Waals surface area contributed by atoms with Gasteiger partial charge in [-0.25, -0.2) is 8.42 Å². The Balaban J connectivity index is 2.62. The standard InChI is InChI=1S/C17H19Cl2NO3S/c1-10-8-11(2)17(12(3)9-10)20(4)24(21,22)14-7-6-13(23-5)15(18)16(14)19/h6-9H,1-5H3. The van der Waals surface area contributed by atoms with Gasteiger partial charge in [0.2, 0.25) is 0 Å². The Kier molecular flexibility index (Phi) is 5.37. The summed E-state index contributed by atoms with van der Waals surface area (Å²) >= 11 is 12.3. The monoisotopic (exact) mass is 387 g/mol. The van der Waals surface area contributed by atoms with Crippen LogP contribution in [0, 0.1) is 20.8 Å². The smallest absolute Gasteiger partial charge is 0.265 e. The number of hydrogen-bond donors (Lipinski definition) is 0. The largest absolute Gasteiger partial charge is 0.495 e. The van der Waals surface area contributed by atoms with E-state index >= 15 is 0 Å². The van der Waals surface area contributed by atoms with Crippen molar-refractivity contribution in [2.45, 2.75) is 25.7 Å². The minimum Gasteiger partial charge on any atom is -0.495 e. The van der Waals surface area contributed by atoms with Crippen LogP contribution in [0.4, 0.5) is 5.69 Å². The zero-order valence-electron chi connectivity index (χ0n) is 14.1. The van der Waals surface area contributed by atoms with Crippen molar-refractivity contribution in [3.05, 3.63) is 51.0 Å². The van der Waals surface area contributed by atoms with Crippen LogP contribution in [0.2, 0.25) is 10.0 Å². The van der Waals surface area contributed by atoms with Crippen LogP contribution in [0.25, 0.3) is 0 Å². The van der Waals surface area contributed by atoms with Crippen LogP contribution in [0.5, 0.6) is 5.75 Å². The Hall–Kier alpha value is -1.43. The number of nitrogens with zero attached hydrogens (tertiary/aromatic N) is 1. The van der Waals surface area contributed by atoms with E-state index < -0.39 is 10.0 Å². The second-order valence-corrected chi connectivity index (χ2v) is 8.31. The first-order valence-electron chi connectivity index (χ1n) is 7.20. The van der Waals surface area contributed by atoms with Crippen LogP contribution < -0.4 is 9.04 Å². The van der Waals surface area contributed by atoms with Crippen LogP contribution in [0.3, 0.4) is 0 Å². The molecule has 0 bridgehead atoms. The summed E-state index contributed by atoms with van der Waals surface area (Å²) in [5.41, 5.74) is 3.44. The zero-order valence-corrected chi connectivity index (χ0v) is 16.5. The van der Waals surface area contributed by atoms with Gasteiger partial charge < -0.3 is 4.74 Å². The molecule has 0 fully saturated rings. The highest BCUT2D eigenvalue weighted by Gasteiger charge is 2.28. The normalized spacial score (nSPS) is 11.5. The van der Waals surface area contributed by atoms with Gasteiger partial charge in [0.25, 0.3) is 10.0 Å². The number of sulfonamides is 1. The van der Waals surface area contributed by atoms with Gasteiger partial charge in [-0.2, -0.15) is 0 Å². The highest BCUT2D eigenvalue weighted by atomic mass is 35.5. The lowest BCUT2D eigenvalue weighted by atomic mass is 10.1. The predicted octanol–water partition coefficient (Wildman–Crippen LogP) is 4.75. The van der Waals surface area contributed by atoms with Crippen molar-refractivity contribution in [1.82, 2.24) is 0 Å². The van der Waals surface area contributed by atoms with Gasteiger partial charge in [-0.1, -0.05) is 40.9 Å². The molecule has 0 aliphatic heterocycles. The van der Waals surface area contributed by atoms with Crippen LogP contribution in [0.1, 0.15) is 16.7 Å². The average Bonchev–Trinajstić information content (AvgIpc) is 2.48. The molecular weight excluding hydrogens is 369 g/mol. The summed E-state index contributed by atoms with van der Waals surface area (Å²) in [5.74, 6) is 0.325. The van der Waals surface area contributed by atoms with E-state index in [1.807, 2.05) is 32.9 Å². The first kappa shape index (κ1) is 18.9. The molecule has 0 N–H and O–H groups in total. The Labute approximate surface area is 153 Å². The van der Waals surface area contributed by atoms with E-state index in [-0.39, 0.29) is 14.9 Å². The Morgan fingerprint density at radius 1 is 1.00 bits per heavy atom. The third kappa shape index (κ3) is 3.21. The molecule has 0 radical (unpaired) electrons. The molecule has 0 saturated heterocycles. The summed E-state index contributed by atoms with van der Waals surface area (Å²) in [5, 5.41) is 0.0243. The van der Waals surface area contributed by atoms with E-state index in [1.165, 1.54) is 30.6 Å². The van der Waals surface area contributed by atoms with Gasteiger partial charge in [0.05, 0.1) is 17.8 Å².